The molecule has 0 bridgehead atoms. The average Bonchev–Trinajstić information content (AvgIpc) is 3.63. The maximum atomic E-state index is 12.3. The van der Waals surface area contributed by atoms with Gasteiger partial charge in [0.15, 0.2) is 0 Å². The van der Waals surface area contributed by atoms with E-state index < -0.39 is 105 Å². The molecule has 0 unspecified atom stereocenters. The number of rotatable bonds is 12. The van der Waals surface area contributed by atoms with Crippen LogP contribution in [0.1, 0.15) is 62.5 Å². The summed E-state index contributed by atoms with van der Waals surface area (Å²) < 4.78 is -0.618. The summed E-state index contributed by atoms with van der Waals surface area (Å²) in [7, 11) is 0. The van der Waals surface area contributed by atoms with Gasteiger partial charge in [0.1, 0.15) is 69.8 Å². The van der Waals surface area contributed by atoms with E-state index in [2.05, 4.69) is 16.0 Å². The number of nitrogens with one attached hydrogen (secondary N) is 3. The van der Waals surface area contributed by atoms with E-state index in [0.717, 1.165) is 0 Å². The predicted octanol–water partition coefficient (Wildman–Crippen LogP) is -1.27. The Morgan fingerprint density at radius 2 is 0.853 bits per heavy atom. The lowest BCUT2D eigenvalue weighted by Gasteiger charge is -2.49. The SMILES string of the molecule is CC1(C)S[C@@H]2[C@H](NC(=O)[C@H](N)c3ccccc3)C(=O)N2[C@H]1C(=O)O.CC1=C(C(=O)O)N2C(=O)[C@@H](NC(=O)[C@H](N)c3ccccc3)[C@H]2SC1.CC1=C(C(=O)O)N2C(=O)[C@@H](NC(=O)[C@H](N)c3ccccc3)[C@H]2SC1.O.O.O. The van der Waals surface area contributed by atoms with Crippen molar-refractivity contribution in [1.82, 2.24) is 30.7 Å². The van der Waals surface area contributed by atoms with Crippen molar-refractivity contribution in [3.8, 4) is 0 Å². The first kappa shape index (κ1) is 60.7. The molecule has 0 aliphatic carbocycles. The van der Waals surface area contributed by atoms with Gasteiger partial charge in [0, 0.05) is 16.3 Å². The van der Waals surface area contributed by atoms with Gasteiger partial charge in [-0.1, -0.05) is 91.0 Å². The Hall–Kier alpha value is -6.82. The molecule has 3 aromatic rings. The van der Waals surface area contributed by atoms with Crippen molar-refractivity contribution in [3.05, 3.63) is 130 Å². The number of carbonyl (C=O) groups excluding carboxylic acids is 6. The van der Waals surface area contributed by atoms with Crippen molar-refractivity contribution in [2.75, 3.05) is 11.5 Å². The van der Waals surface area contributed by atoms with E-state index >= 15 is 0 Å². The molecule has 0 spiro atoms. The summed E-state index contributed by atoms with van der Waals surface area (Å²) in [5, 5.41) is 34.7. The number of benzene rings is 3. The van der Waals surface area contributed by atoms with E-state index in [4.69, 9.17) is 17.2 Å². The molecule has 9 rings (SSSR count). The average molecular weight is 1100 g/mol. The number of nitrogens with zero attached hydrogens (tertiary/aromatic N) is 3. The van der Waals surface area contributed by atoms with Gasteiger partial charge in [-0.05, 0) is 55.5 Å². The van der Waals surface area contributed by atoms with Gasteiger partial charge in [0.2, 0.25) is 23.6 Å². The summed E-state index contributed by atoms with van der Waals surface area (Å²) in [6, 6.07) is 20.8. The molecule has 18 N–H and O–H groups in total. The second-order valence-electron chi connectivity index (χ2n) is 17.9. The fraction of sp³-hybridized carbons (Fsp3) is 0.354. The number of carboxylic acids is 3. The van der Waals surface area contributed by atoms with Crippen LogP contribution in [0.25, 0.3) is 0 Å². The molecular formula is C48H59N9O15S3. The van der Waals surface area contributed by atoms with Gasteiger partial charge in [-0.15, -0.1) is 35.3 Å². The number of thioether (sulfide) groups is 3. The van der Waals surface area contributed by atoms with Gasteiger partial charge in [0.25, 0.3) is 11.8 Å². The van der Waals surface area contributed by atoms with Crippen LogP contribution >= 0.6 is 35.3 Å². The Kier molecular flexibility index (Phi) is 20.0. The predicted molar refractivity (Wildman–Crippen MR) is 277 cm³/mol. The van der Waals surface area contributed by atoms with Gasteiger partial charge in [0.05, 0.1) is 0 Å². The molecule has 75 heavy (non-hydrogen) atoms. The minimum Gasteiger partial charge on any atom is -0.480 e. The second kappa shape index (κ2) is 24.7. The van der Waals surface area contributed by atoms with Crippen LogP contribution in [0.3, 0.4) is 0 Å². The van der Waals surface area contributed by atoms with Gasteiger partial charge in [-0.2, -0.15) is 0 Å². The van der Waals surface area contributed by atoms with Gasteiger partial charge in [-0.25, -0.2) is 14.4 Å². The smallest absolute Gasteiger partial charge is 0.352 e. The Bertz CT molecular complexity index is 2630. The number of carboxylic acid groups (broad SMARTS) is 3. The number of β-lactam (4-membered cyclic amide) rings is 3. The molecule has 3 aromatic carbocycles. The van der Waals surface area contributed by atoms with E-state index in [1.807, 2.05) is 18.2 Å². The molecule has 27 heteroatoms. The van der Waals surface area contributed by atoms with Crippen molar-refractivity contribution >= 4 is 88.6 Å². The van der Waals surface area contributed by atoms with Crippen LogP contribution < -0.4 is 33.2 Å². The standard InChI is InChI=1S/C16H19N3O4S.2C16H17N3O4S.3H2O/c1-16(2)11(15(22)23)19-13(21)10(14(19)24-16)18-12(20)9(17)8-6-4-3-5-7-8;2*1-8-7-24-15-11(14(21)19(15)12(8)16(22)23)18-13(20)10(17)9-5-3-2-4-6-9;;;/h3-7,9-11,14H,17H2,1-2H3,(H,18,20)(H,22,23);2*2-6,10-11,15H,7,17H2,1H3,(H,18,20)(H,22,23);3*1H2/t9-,10-,11+,14-;2*10-,11-,15-;;;/m111.../s1. The zero-order valence-electron chi connectivity index (χ0n) is 40.7. The summed E-state index contributed by atoms with van der Waals surface area (Å²) in [5.41, 5.74) is 21.1. The first-order chi connectivity index (χ1) is 34.1. The highest BCUT2D eigenvalue weighted by atomic mass is 32.2. The zero-order valence-corrected chi connectivity index (χ0v) is 43.1. The van der Waals surface area contributed by atoms with Crippen LogP contribution in [0.15, 0.2) is 114 Å². The number of carbonyl (C=O) groups is 9. The molecule has 0 radical (unpaired) electrons. The third kappa shape index (κ3) is 12.0. The quantitative estimate of drug-likeness (QED) is 0.0955. The molecule has 6 aliphatic heterocycles. The molecule has 24 nitrogen and oxygen atoms in total. The molecule has 4 saturated heterocycles. The summed E-state index contributed by atoms with van der Waals surface area (Å²) in [6.07, 6.45) is 0. The first-order valence-corrected chi connectivity index (χ1v) is 25.4. The minimum atomic E-state index is -1.13. The lowest BCUT2D eigenvalue weighted by Crippen LogP contribution is -2.71. The molecule has 404 valence electrons. The molecule has 6 heterocycles. The first-order valence-electron chi connectivity index (χ1n) is 22.4. The Balaban J connectivity index is 0.000000239. The van der Waals surface area contributed by atoms with Crippen LogP contribution in [-0.2, 0) is 43.2 Å². The van der Waals surface area contributed by atoms with Crippen LogP contribution in [0.4, 0.5) is 0 Å². The van der Waals surface area contributed by atoms with E-state index in [1.165, 1.54) is 50.0 Å². The van der Waals surface area contributed by atoms with Crippen molar-refractivity contribution in [2.45, 2.75) is 90.9 Å². The zero-order chi connectivity index (χ0) is 52.5. The third-order valence-electron chi connectivity index (χ3n) is 12.6. The van der Waals surface area contributed by atoms with Crippen LogP contribution in [0, 0.1) is 0 Å². The number of amides is 6. The Labute approximate surface area is 442 Å². The summed E-state index contributed by atoms with van der Waals surface area (Å²) in [4.78, 5) is 112. The molecule has 6 amide bonds. The summed E-state index contributed by atoms with van der Waals surface area (Å²) >= 11 is 4.25. The number of nitrogens with two attached hydrogens (primary N) is 3. The van der Waals surface area contributed by atoms with Gasteiger partial charge >= 0.3 is 17.9 Å². The van der Waals surface area contributed by atoms with Crippen molar-refractivity contribution < 1.29 is 74.9 Å². The third-order valence-corrected chi connectivity index (χ3v) is 17.0. The summed E-state index contributed by atoms with van der Waals surface area (Å²) in [6.45, 7) is 6.96. The normalized spacial score (nSPS) is 24.6. The highest BCUT2D eigenvalue weighted by Crippen LogP contribution is 2.51. The van der Waals surface area contributed by atoms with E-state index in [1.54, 1.807) is 100 Å². The minimum absolute atomic E-state index is 0. The van der Waals surface area contributed by atoms with E-state index in [-0.39, 0.29) is 39.1 Å². The maximum absolute atomic E-state index is 12.3. The number of fused-ring (bicyclic) bond motifs is 3. The number of hydrogen-bond acceptors (Lipinski definition) is 15. The molecule has 6 aliphatic rings. The molecule has 0 aromatic heterocycles. The fourth-order valence-electron chi connectivity index (χ4n) is 8.86. The van der Waals surface area contributed by atoms with Crippen LogP contribution in [0.2, 0.25) is 0 Å². The van der Waals surface area contributed by atoms with Gasteiger partial charge < -0.3 is 69.8 Å². The lowest BCUT2D eigenvalue weighted by molar-refractivity contribution is -0.161. The number of hydrogen-bond donors (Lipinski definition) is 9. The van der Waals surface area contributed by atoms with Crippen LogP contribution in [-0.4, -0.2) is 156 Å². The maximum Gasteiger partial charge on any atom is 0.352 e. The largest absolute Gasteiger partial charge is 0.480 e. The summed E-state index contributed by atoms with van der Waals surface area (Å²) in [5.74, 6) is -4.85. The molecule has 4 fully saturated rings. The number of aliphatic carboxylic acids is 3. The molecule has 10 atom stereocenters. The van der Waals surface area contributed by atoms with E-state index in [9.17, 15) is 58.5 Å². The van der Waals surface area contributed by atoms with Crippen molar-refractivity contribution in [3.63, 3.8) is 0 Å². The van der Waals surface area contributed by atoms with E-state index in [0.29, 0.717) is 39.3 Å². The van der Waals surface area contributed by atoms with Crippen molar-refractivity contribution in [1.29, 1.82) is 0 Å². The topological polar surface area (TPSA) is 433 Å². The fourth-order valence-corrected chi connectivity index (χ4v) is 13.1. The second-order valence-corrected chi connectivity index (χ2v) is 21.9. The Morgan fingerprint density at radius 1 is 0.547 bits per heavy atom. The lowest BCUT2D eigenvalue weighted by atomic mass is 9.95. The van der Waals surface area contributed by atoms with Crippen molar-refractivity contribution in [2.24, 2.45) is 17.2 Å². The van der Waals surface area contributed by atoms with Crippen LogP contribution in [0.5, 0.6) is 0 Å². The van der Waals surface area contributed by atoms with Gasteiger partial charge in [-0.3, -0.25) is 38.6 Å². The Morgan fingerprint density at radius 3 is 1.15 bits per heavy atom. The monoisotopic (exact) mass is 1100 g/mol. The molecular weight excluding hydrogens is 1040 g/mol. The molecule has 0 saturated carbocycles. The highest BCUT2D eigenvalue weighted by molar-refractivity contribution is 8.01. The highest BCUT2D eigenvalue weighted by Gasteiger charge is 2.64.